The lowest BCUT2D eigenvalue weighted by Crippen LogP contribution is -2.41. The van der Waals surface area contributed by atoms with Crippen LogP contribution in [0.5, 0.6) is 5.75 Å². The fourth-order valence-corrected chi connectivity index (χ4v) is 6.83. The standard InChI is InChI=1S/C22H26F3N5O3.C19H22F3N5O2.C2H6/c1-13-10-17(18(32-2)11-15(13)20(31)30-6-8-33-9-7-30)28-21-26-12-16(22(23,24)25)19(29-21)27-14-4-3-5-14;1-11-9-15(12(2)8-13(11)17(28)27-4-6-29-7-5-27)25-18-24-10-14(19(20,21)22)16(23-3)26-18;1-2/h10-12,14H,3-9H2,1-2H3,(H2,26,27,28,29);8-10H,4-7H2,1-3H3,(H2,23,24,25,26);1-2H3. The Hall–Kier alpha value is -5.96. The van der Waals surface area contributed by atoms with Crippen molar-refractivity contribution in [2.45, 2.75) is 72.3 Å². The number of alkyl halides is 6. The zero-order valence-electron chi connectivity index (χ0n) is 36.8. The molecule has 0 bridgehead atoms. The summed E-state index contributed by atoms with van der Waals surface area (Å²) in [5.74, 6) is -0.383. The van der Waals surface area contributed by atoms with E-state index in [4.69, 9.17) is 14.2 Å². The Balaban J connectivity index is 0.000000234. The molecule has 4 heterocycles. The fourth-order valence-electron chi connectivity index (χ4n) is 6.83. The lowest BCUT2D eigenvalue weighted by Gasteiger charge is -2.28. The Kier molecular flexibility index (Phi) is 16.6. The number of halogens is 6. The Labute approximate surface area is 367 Å². The summed E-state index contributed by atoms with van der Waals surface area (Å²) in [6.45, 7) is 13.5. The molecule has 64 heavy (non-hydrogen) atoms. The number of nitrogens with zero attached hydrogens (tertiary/aromatic N) is 6. The summed E-state index contributed by atoms with van der Waals surface area (Å²) >= 11 is 0. The molecule has 2 aromatic carbocycles. The van der Waals surface area contributed by atoms with Crippen LogP contribution >= 0.6 is 0 Å². The third-order valence-corrected chi connectivity index (χ3v) is 10.5. The zero-order chi connectivity index (χ0) is 46.8. The minimum absolute atomic E-state index is 0.00483. The van der Waals surface area contributed by atoms with Gasteiger partial charge in [-0.05, 0) is 81.0 Å². The molecule has 0 radical (unpaired) electrons. The van der Waals surface area contributed by atoms with E-state index in [1.54, 1.807) is 47.9 Å². The van der Waals surface area contributed by atoms with Crippen LogP contribution in [-0.2, 0) is 21.8 Å². The van der Waals surface area contributed by atoms with Gasteiger partial charge in [0.2, 0.25) is 11.9 Å². The van der Waals surface area contributed by atoms with Crippen molar-refractivity contribution in [3.05, 3.63) is 75.6 Å². The smallest absolute Gasteiger partial charge is 0.421 e. The molecular formula is C43H54F6N10O5. The minimum Gasteiger partial charge on any atom is -0.495 e. The highest BCUT2D eigenvalue weighted by Gasteiger charge is 2.37. The van der Waals surface area contributed by atoms with E-state index >= 15 is 0 Å². The SMILES string of the molecule is CC.CNc1nc(Nc2cc(C)c(C(=O)N3CCOCC3)cc2C)ncc1C(F)(F)F.COc1cc(C(=O)N2CCOCC2)c(C)cc1Nc1ncc(C(F)(F)F)c(NC2CCC2)n1. The Morgan fingerprint density at radius 1 is 0.688 bits per heavy atom. The molecule has 1 aliphatic carbocycles. The molecule has 0 atom stereocenters. The number of ether oxygens (including phenoxy) is 3. The van der Waals surface area contributed by atoms with Crippen LogP contribution < -0.4 is 26.0 Å². The normalized spacial score (nSPS) is 15.4. The van der Waals surface area contributed by atoms with Gasteiger partial charge in [-0.25, -0.2) is 9.97 Å². The molecule has 348 valence electrons. The third kappa shape index (κ3) is 12.2. The number of aryl methyl sites for hydroxylation is 3. The summed E-state index contributed by atoms with van der Waals surface area (Å²) in [7, 11) is 2.82. The van der Waals surface area contributed by atoms with E-state index in [0.29, 0.717) is 86.4 Å². The number of amides is 2. The molecule has 4 aromatic rings. The van der Waals surface area contributed by atoms with Crippen LogP contribution in [0.2, 0.25) is 0 Å². The van der Waals surface area contributed by atoms with Gasteiger partial charge in [-0.2, -0.15) is 36.3 Å². The van der Waals surface area contributed by atoms with Gasteiger partial charge in [0.25, 0.3) is 11.8 Å². The van der Waals surface area contributed by atoms with Crippen LogP contribution in [0.4, 0.5) is 61.2 Å². The van der Waals surface area contributed by atoms with Crippen molar-refractivity contribution in [2.75, 3.05) is 88.0 Å². The van der Waals surface area contributed by atoms with Crippen LogP contribution in [-0.4, -0.2) is 114 Å². The van der Waals surface area contributed by atoms with Gasteiger partial charge in [-0.3, -0.25) is 9.59 Å². The zero-order valence-corrected chi connectivity index (χ0v) is 36.8. The minimum atomic E-state index is -4.57. The number of rotatable bonds is 10. The van der Waals surface area contributed by atoms with Crippen LogP contribution in [0.15, 0.2) is 36.7 Å². The number of nitrogens with one attached hydrogen (secondary N) is 4. The highest BCUT2D eigenvalue weighted by molar-refractivity contribution is 5.97. The van der Waals surface area contributed by atoms with E-state index in [-0.39, 0.29) is 41.4 Å². The number of aromatic nitrogens is 4. The van der Waals surface area contributed by atoms with Crippen molar-refractivity contribution in [3.8, 4) is 5.75 Å². The number of hydrogen-bond acceptors (Lipinski definition) is 13. The third-order valence-electron chi connectivity index (χ3n) is 10.5. The molecule has 0 unspecified atom stereocenters. The number of hydrogen-bond donors (Lipinski definition) is 4. The average Bonchev–Trinajstić information content (AvgIpc) is 3.26. The monoisotopic (exact) mass is 904 g/mol. The van der Waals surface area contributed by atoms with Gasteiger partial charge in [0.1, 0.15) is 28.5 Å². The first-order valence-corrected chi connectivity index (χ1v) is 20.9. The van der Waals surface area contributed by atoms with Crippen LogP contribution in [0, 0.1) is 20.8 Å². The summed E-state index contributed by atoms with van der Waals surface area (Å²) < 4.78 is 95.3. The largest absolute Gasteiger partial charge is 0.495 e. The maximum Gasteiger partial charge on any atom is 0.421 e. The van der Waals surface area contributed by atoms with E-state index in [0.717, 1.165) is 42.8 Å². The van der Waals surface area contributed by atoms with E-state index in [1.807, 2.05) is 20.8 Å². The molecule has 15 nitrogen and oxygen atoms in total. The molecule has 7 rings (SSSR count). The van der Waals surface area contributed by atoms with Gasteiger partial charge in [0.15, 0.2) is 0 Å². The van der Waals surface area contributed by atoms with Crippen LogP contribution in [0.1, 0.15) is 81.6 Å². The molecular weight excluding hydrogens is 851 g/mol. The Morgan fingerprint density at radius 3 is 1.59 bits per heavy atom. The number of anilines is 6. The second-order valence-corrected chi connectivity index (χ2v) is 14.8. The van der Waals surface area contributed by atoms with E-state index in [9.17, 15) is 35.9 Å². The highest BCUT2D eigenvalue weighted by atomic mass is 19.4. The van der Waals surface area contributed by atoms with Crippen LogP contribution in [0.3, 0.4) is 0 Å². The maximum absolute atomic E-state index is 13.4. The van der Waals surface area contributed by atoms with Crippen molar-refractivity contribution in [1.82, 2.24) is 29.7 Å². The van der Waals surface area contributed by atoms with E-state index < -0.39 is 23.5 Å². The first-order chi connectivity index (χ1) is 30.5. The molecule has 3 fully saturated rings. The number of carbonyl (C=O) groups is 2. The molecule has 2 aliphatic heterocycles. The van der Waals surface area contributed by atoms with Gasteiger partial charge >= 0.3 is 12.4 Å². The highest BCUT2D eigenvalue weighted by Crippen LogP contribution is 2.38. The van der Waals surface area contributed by atoms with E-state index in [2.05, 4.69) is 41.2 Å². The lowest BCUT2D eigenvalue weighted by atomic mass is 9.93. The molecule has 2 aromatic heterocycles. The first-order valence-electron chi connectivity index (χ1n) is 20.9. The quantitative estimate of drug-likeness (QED) is 0.112. The molecule has 2 saturated heterocycles. The lowest BCUT2D eigenvalue weighted by molar-refractivity contribution is -0.138. The summed E-state index contributed by atoms with van der Waals surface area (Å²) in [4.78, 5) is 44.8. The Morgan fingerprint density at radius 2 is 1.14 bits per heavy atom. The van der Waals surface area contributed by atoms with Gasteiger partial charge in [-0.1, -0.05) is 13.8 Å². The number of benzene rings is 2. The summed E-state index contributed by atoms with van der Waals surface area (Å²) in [6.07, 6.45) is -5.04. The van der Waals surface area contributed by atoms with Crippen LogP contribution in [0.25, 0.3) is 0 Å². The fraction of sp³-hybridized carbons (Fsp3) is 0.488. The molecule has 21 heteroatoms. The predicted molar refractivity (Wildman–Crippen MR) is 230 cm³/mol. The van der Waals surface area contributed by atoms with Gasteiger partial charge in [0.05, 0.1) is 39.2 Å². The van der Waals surface area contributed by atoms with Crippen molar-refractivity contribution in [3.63, 3.8) is 0 Å². The summed E-state index contributed by atoms with van der Waals surface area (Å²) in [5.41, 5.74) is 2.47. The van der Waals surface area contributed by atoms with Crippen molar-refractivity contribution < 1.29 is 50.1 Å². The number of methoxy groups -OCH3 is 1. The molecule has 3 aliphatic rings. The molecule has 4 N–H and O–H groups in total. The molecule has 0 spiro atoms. The van der Waals surface area contributed by atoms with Crippen molar-refractivity contribution in [1.29, 1.82) is 0 Å². The van der Waals surface area contributed by atoms with Crippen molar-refractivity contribution in [2.24, 2.45) is 0 Å². The van der Waals surface area contributed by atoms with Gasteiger partial charge in [-0.15, -0.1) is 0 Å². The van der Waals surface area contributed by atoms with E-state index in [1.165, 1.54) is 14.2 Å². The second kappa shape index (κ2) is 21.6. The number of carbonyl (C=O) groups excluding carboxylic acids is 2. The molecule has 2 amide bonds. The molecule has 1 saturated carbocycles. The summed E-state index contributed by atoms with van der Waals surface area (Å²) in [6, 6.07) is 6.82. The maximum atomic E-state index is 13.4. The van der Waals surface area contributed by atoms with Crippen molar-refractivity contribution >= 4 is 46.7 Å². The predicted octanol–water partition coefficient (Wildman–Crippen LogP) is 8.39. The second-order valence-electron chi connectivity index (χ2n) is 14.8. The first kappa shape index (κ1) is 49.1. The number of morpholine rings is 2. The average molecular weight is 905 g/mol. The topological polar surface area (TPSA) is 168 Å². The summed E-state index contributed by atoms with van der Waals surface area (Å²) in [5, 5.41) is 11.2. The van der Waals surface area contributed by atoms with Gasteiger partial charge in [0, 0.05) is 68.5 Å². The Bertz CT molecular complexity index is 2250. The van der Waals surface area contributed by atoms with Gasteiger partial charge < -0.3 is 45.3 Å².